The summed E-state index contributed by atoms with van der Waals surface area (Å²) in [7, 11) is 0. The van der Waals surface area contributed by atoms with Gasteiger partial charge in [0.15, 0.2) is 0 Å². The number of carbonyl (C=O) groups is 1. The molecular weight excluding hydrogens is 300 g/mol. The van der Waals surface area contributed by atoms with E-state index in [-0.39, 0.29) is 11.3 Å². The van der Waals surface area contributed by atoms with Crippen molar-refractivity contribution in [2.75, 3.05) is 19.6 Å². The average molecular weight is 326 g/mol. The molecule has 1 aliphatic heterocycles. The third-order valence-electron chi connectivity index (χ3n) is 4.74. The SMILES string of the molecule is CCCNC(=O)C1(C)CCN(Cc2ccc(-c3ccccc3)o2)C1. The standard InChI is InChI=1S/C20H26N2O2/c1-3-12-21-19(23)20(2)11-13-22(15-20)14-17-9-10-18(24-17)16-7-5-4-6-8-16/h4-10H,3,11-15H2,1-2H3,(H,21,23). The summed E-state index contributed by atoms with van der Waals surface area (Å²) >= 11 is 0. The largest absolute Gasteiger partial charge is 0.460 e. The first-order valence-electron chi connectivity index (χ1n) is 8.75. The van der Waals surface area contributed by atoms with Gasteiger partial charge in [-0.1, -0.05) is 37.3 Å². The average Bonchev–Trinajstić information content (AvgIpc) is 3.21. The van der Waals surface area contributed by atoms with Crippen LogP contribution in [0.4, 0.5) is 0 Å². The lowest BCUT2D eigenvalue weighted by molar-refractivity contribution is -0.129. The molecule has 1 N–H and O–H groups in total. The second-order valence-corrected chi connectivity index (χ2v) is 6.91. The van der Waals surface area contributed by atoms with Crippen LogP contribution in [-0.4, -0.2) is 30.4 Å². The fraction of sp³-hybridized carbons (Fsp3) is 0.450. The van der Waals surface area contributed by atoms with Gasteiger partial charge < -0.3 is 9.73 Å². The summed E-state index contributed by atoms with van der Waals surface area (Å²) in [6.07, 6.45) is 1.87. The van der Waals surface area contributed by atoms with E-state index >= 15 is 0 Å². The zero-order valence-corrected chi connectivity index (χ0v) is 14.5. The fourth-order valence-corrected chi connectivity index (χ4v) is 3.27. The molecule has 1 amide bonds. The molecule has 3 rings (SSSR count). The Morgan fingerprint density at radius 3 is 2.79 bits per heavy atom. The van der Waals surface area contributed by atoms with Gasteiger partial charge in [-0.05, 0) is 38.4 Å². The predicted molar refractivity (Wildman–Crippen MR) is 95.4 cm³/mol. The molecule has 4 heteroatoms. The van der Waals surface area contributed by atoms with Crippen LogP contribution in [0.5, 0.6) is 0 Å². The van der Waals surface area contributed by atoms with E-state index in [1.807, 2.05) is 42.5 Å². The molecule has 1 aliphatic rings. The van der Waals surface area contributed by atoms with E-state index in [2.05, 4.69) is 24.1 Å². The summed E-state index contributed by atoms with van der Waals surface area (Å²) < 4.78 is 5.98. The number of hydrogen-bond acceptors (Lipinski definition) is 3. The molecule has 1 atom stereocenters. The Hall–Kier alpha value is -2.07. The Labute approximate surface area is 143 Å². The molecule has 0 aliphatic carbocycles. The Bertz CT molecular complexity index is 680. The smallest absolute Gasteiger partial charge is 0.227 e. The van der Waals surface area contributed by atoms with E-state index in [9.17, 15) is 4.79 Å². The molecule has 2 aromatic rings. The van der Waals surface area contributed by atoms with Crippen molar-refractivity contribution in [3.05, 3.63) is 48.2 Å². The maximum absolute atomic E-state index is 12.4. The fourth-order valence-electron chi connectivity index (χ4n) is 3.27. The van der Waals surface area contributed by atoms with E-state index in [1.54, 1.807) is 0 Å². The highest BCUT2D eigenvalue weighted by Crippen LogP contribution is 2.32. The maximum atomic E-state index is 12.4. The van der Waals surface area contributed by atoms with Crippen LogP contribution in [0.25, 0.3) is 11.3 Å². The van der Waals surface area contributed by atoms with E-state index in [4.69, 9.17) is 4.42 Å². The normalized spacial score (nSPS) is 21.1. The van der Waals surface area contributed by atoms with Gasteiger partial charge in [0.2, 0.25) is 5.91 Å². The van der Waals surface area contributed by atoms with Gasteiger partial charge in [0.25, 0.3) is 0 Å². The van der Waals surface area contributed by atoms with Gasteiger partial charge in [-0.15, -0.1) is 0 Å². The summed E-state index contributed by atoms with van der Waals surface area (Å²) in [6.45, 7) is 7.36. The predicted octanol–water partition coefficient (Wildman–Crippen LogP) is 3.68. The number of rotatable bonds is 6. The summed E-state index contributed by atoms with van der Waals surface area (Å²) in [5.74, 6) is 2.02. The lowest BCUT2D eigenvalue weighted by atomic mass is 9.89. The number of amides is 1. The van der Waals surface area contributed by atoms with Crippen molar-refractivity contribution < 1.29 is 9.21 Å². The summed E-state index contributed by atoms with van der Waals surface area (Å²) in [5.41, 5.74) is 0.804. The highest BCUT2D eigenvalue weighted by molar-refractivity contribution is 5.82. The number of furan rings is 1. The molecule has 2 heterocycles. The van der Waals surface area contributed by atoms with Crippen molar-refractivity contribution in [1.82, 2.24) is 10.2 Å². The number of benzene rings is 1. The van der Waals surface area contributed by atoms with Crippen LogP contribution in [0.2, 0.25) is 0 Å². The molecule has 24 heavy (non-hydrogen) atoms. The molecule has 1 aromatic heterocycles. The van der Waals surface area contributed by atoms with Crippen molar-refractivity contribution in [3.63, 3.8) is 0 Å². The Balaban J connectivity index is 1.60. The van der Waals surface area contributed by atoms with Gasteiger partial charge in [0.05, 0.1) is 12.0 Å². The summed E-state index contributed by atoms with van der Waals surface area (Å²) in [6, 6.07) is 14.2. The minimum absolute atomic E-state index is 0.177. The van der Waals surface area contributed by atoms with Gasteiger partial charge in [-0.3, -0.25) is 9.69 Å². The van der Waals surface area contributed by atoms with Crippen LogP contribution in [0.1, 0.15) is 32.4 Å². The van der Waals surface area contributed by atoms with Crippen molar-refractivity contribution in [1.29, 1.82) is 0 Å². The first-order valence-corrected chi connectivity index (χ1v) is 8.75. The van der Waals surface area contributed by atoms with Crippen molar-refractivity contribution >= 4 is 5.91 Å². The molecule has 0 bridgehead atoms. The van der Waals surface area contributed by atoms with Crippen molar-refractivity contribution in [2.24, 2.45) is 5.41 Å². The van der Waals surface area contributed by atoms with Crippen LogP contribution in [0, 0.1) is 5.41 Å². The number of nitrogens with one attached hydrogen (secondary N) is 1. The first-order chi connectivity index (χ1) is 11.6. The van der Waals surface area contributed by atoms with E-state index in [0.29, 0.717) is 0 Å². The van der Waals surface area contributed by atoms with Gasteiger partial charge in [-0.2, -0.15) is 0 Å². The Kier molecular flexibility index (Phi) is 5.05. The van der Waals surface area contributed by atoms with Gasteiger partial charge in [0.1, 0.15) is 11.5 Å². The summed E-state index contributed by atoms with van der Waals surface area (Å²) in [5, 5.41) is 3.04. The minimum atomic E-state index is -0.288. The minimum Gasteiger partial charge on any atom is -0.460 e. The molecule has 1 aromatic carbocycles. The monoisotopic (exact) mass is 326 g/mol. The third kappa shape index (κ3) is 3.70. The summed E-state index contributed by atoms with van der Waals surface area (Å²) in [4.78, 5) is 14.7. The second-order valence-electron chi connectivity index (χ2n) is 6.91. The number of likely N-dealkylation sites (tertiary alicyclic amines) is 1. The Morgan fingerprint density at radius 2 is 2.04 bits per heavy atom. The molecule has 128 valence electrons. The van der Waals surface area contributed by atoms with Gasteiger partial charge in [-0.25, -0.2) is 0 Å². The molecule has 1 saturated heterocycles. The van der Waals surface area contributed by atoms with E-state index in [0.717, 1.165) is 56.1 Å². The highest BCUT2D eigenvalue weighted by atomic mass is 16.3. The molecule has 0 saturated carbocycles. The van der Waals surface area contributed by atoms with Crippen LogP contribution < -0.4 is 5.32 Å². The number of carbonyl (C=O) groups excluding carboxylic acids is 1. The van der Waals surface area contributed by atoms with Gasteiger partial charge >= 0.3 is 0 Å². The lowest BCUT2D eigenvalue weighted by Gasteiger charge is -2.23. The third-order valence-corrected chi connectivity index (χ3v) is 4.74. The highest BCUT2D eigenvalue weighted by Gasteiger charge is 2.40. The first kappa shape index (κ1) is 16.8. The van der Waals surface area contributed by atoms with Crippen LogP contribution in [0.15, 0.2) is 46.9 Å². The Morgan fingerprint density at radius 1 is 1.25 bits per heavy atom. The van der Waals surface area contributed by atoms with Crippen LogP contribution in [-0.2, 0) is 11.3 Å². The number of nitrogens with zero attached hydrogens (tertiary/aromatic N) is 1. The molecular formula is C20H26N2O2. The second kappa shape index (κ2) is 7.22. The molecule has 1 unspecified atom stereocenters. The quantitative estimate of drug-likeness (QED) is 0.880. The van der Waals surface area contributed by atoms with E-state index in [1.165, 1.54) is 0 Å². The van der Waals surface area contributed by atoms with Crippen molar-refractivity contribution in [3.8, 4) is 11.3 Å². The van der Waals surface area contributed by atoms with E-state index < -0.39 is 0 Å². The molecule has 1 fully saturated rings. The zero-order valence-electron chi connectivity index (χ0n) is 14.5. The molecule has 0 radical (unpaired) electrons. The van der Waals surface area contributed by atoms with Crippen LogP contribution >= 0.6 is 0 Å². The molecule has 0 spiro atoms. The number of hydrogen-bond donors (Lipinski definition) is 1. The van der Waals surface area contributed by atoms with Crippen molar-refractivity contribution in [2.45, 2.75) is 33.2 Å². The van der Waals surface area contributed by atoms with Crippen LogP contribution in [0.3, 0.4) is 0 Å². The van der Waals surface area contributed by atoms with Gasteiger partial charge in [0, 0.05) is 18.7 Å². The zero-order chi connectivity index (χ0) is 17.0. The maximum Gasteiger partial charge on any atom is 0.227 e. The molecule has 4 nitrogen and oxygen atoms in total. The topological polar surface area (TPSA) is 45.5 Å². The lowest BCUT2D eigenvalue weighted by Crippen LogP contribution is -2.41.